The number of fused-ring (bicyclic) bond motifs is 3. The lowest BCUT2D eigenvalue weighted by Gasteiger charge is -2.23. The summed E-state index contributed by atoms with van der Waals surface area (Å²) in [7, 11) is 0. The molecule has 2 aliphatic heterocycles. The van der Waals surface area contributed by atoms with Crippen LogP contribution in [0.5, 0.6) is 0 Å². The Morgan fingerprint density at radius 2 is 1.95 bits per heavy atom. The fourth-order valence-corrected chi connectivity index (χ4v) is 6.91. The minimum atomic E-state index is -0.0617. The number of aromatic nitrogens is 5. The molecule has 0 saturated carbocycles. The van der Waals surface area contributed by atoms with E-state index in [4.69, 9.17) is 9.84 Å². The predicted octanol–water partition coefficient (Wildman–Crippen LogP) is 6.51. The van der Waals surface area contributed by atoms with E-state index in [1.165, 1.54) is 31.7 Å². The highest BCUT2D eigenvalue weighted by Gasteiger charge is 2.24. The molecule has 8 rings (SSSR count). The molecule has 7 nitrogen and oxygen atoms in total. The van der Waals surface area contributed by atoms with Crippen molar-refractivity contribution < 1.29 is 4.74 Å². The van der Waals surface area contributed by atoms with Gasteiger partial charge in [-0.15, -0.1) is 16.4 Å². The average molecular weight is 533 g/mol. The highest BCUT2D eigenvalue weighted by atomic mass is 32.1. The number of ether oxygens (including phenoxy) is 1. The molecule has 0 radical (unpaired) electrons. The Labute approximate surface area is 230 Å². The zero-order valence-corrected chi connectivity index (χ0v) is 22.3. The molecule has 6 aromatic rings. The maximum Gasteiger partial charge on any atom is 0.150 e. The molecule has 0 amide bonds. The second-order valence-electron chi connectivity index (χ2n) is 10.4. The third-order valence-electron chi connectivity index (χ3n) is 7.92. The van der Waals surface area contributed by atoms with Crippen LogP contribution in [0.15, 0.2) is 72.9 Å². The molecule has 5 heterocycles. The zero-order valence-electron chi connectivity index (χ0n) is 21.5. The van der Waals surface area contributed by atoms with E-state index in [2.05, 4.69) is 87.0 Å². The van der Waals surface area contributed by atoms with Gasteiger partial charge < -0.3 is 10.1 Å². The fourth-order valence-electron chi connectivity index (χ4n) is 5.85. The lowest BCUT2D eigenvalue weighted by molar-refractivity contribution is -0.0365. The number of rotatable bonds is 4. The molecule has 2 aliphatic rings. The van der Waals surface area contributed by atoms with E-state index in [0.717, 1.165) is 73.4 Å². The van der Waals surface area contributed by atoms with Crippen molar-refractivity contribution >= 4 is 32.3 Å². The number of hydrogen-bond acceptors (Lipinski definition) is 6. The van der Waals surface area contributed by atoms with Crippen molar-refractivity contribution in [3.63, 3.8) is 0 Å². The van der Waals surface area contributed by atoms with Crippen molar-refractivity contribution in [1.29, 1.82) is 0 Å². The van der Waals surface area contributed by atoms with Gasteiger partial charge in [0.1, 0.15) is 11.4 Å². The minimum Gasteiger partial charge on any atom is -0.356 e. The van der Waals surface area contributed by atoms with E-state index < -0.39 is 0 Å². The standard InChI is InChI=1S/C31H28N6OS/c1-2-6-28-21(5-1)17-29(39-28)22-9-11-27-25(16-22)31(34-37(27)30-7-3-4-14-38-30)26-19-36(35-33-26)24-10-8-20-12-13-32-18-23(20)15-24/h1-2,5-6,8-11,15-17,19,30,32H,3-4,7,12-14,18H2. The SMILES string of the molecule is c1ccc2sc(-c3ccc4c(c3)c(-c3cn(-c5ccc6c(c5)CNCC6)nn3)nn4C3CCCCO3)cc2c1. The molecule has 3 aromatic heterocycles. The summed E-state index contributed by atoms with van der Waals surface area (Å²) in [6.45, 7) is 2.69. The first-order valence-electron chi connectivity index (χ1n) is 13.7. The van der Waals surface area contributed by atoms with Crippen LogP contribution in [0, 0.1) is 0 Å². The molecular weight excluding hydrogens is 504 g/mol. The fraction of sp³-hybridized carbons (Fsp3) is 0.258. The van der Waals surface area contributed by atoms with Crippen molar-refractivity contribution in [3.8, 4) is 27.5 Å². The second-order valence-corrected chi connectivity index (χ2v) is 11.5. The predicted molar refractivity (Wildman–Crippen MR) is 155 cm³/mol. The zero-order chi connectivity index (χ0) is 25.8. The van der Waals surface area contributed by atoms with Crippen molar-refractivity contribution in [2.45, 2.75) is 38.5 Å². The Balaban J connectivity index is 1.24. The molecule has 1 saturated heterocycles. The Morgan fingerprint density at radius 3 is 2.87 bits per heavy atom. The van der Waals surface area contributed by atoms with Crippen LogP contribution in [0.2, 0.25) is 0 Å². The maximum absolute atomic E-state index is 6.16. The van der Waals surface area contributed by atoms with Crippen LogP contribution < -0.4 is 5.32 Å². The molecule has 0 bridgehead atoms. The molecule has 0 aliphatic carbocycles. The molecule has 0 spiro atoms. The van der Waals surface area contributed by atoms with E-state index in [1.807, 2.05) is 22.2 Å². The Bertz CT molecular complexity index is 1790. The second kappa shape index (κ2) is 9.41. The van der Waals surface area contributed by atoms with Gasteiger partial charge in [0, 0.05) is 28.1 Å². The molecule has 1 atom stereocenters. The van der Waals surface area contributed by atoms with Crippen molar-refractivity contribution in [3.05, 3.63) is 84.1 Å². The van der Waals surface area contributed by atoms with Gasteiger partial charge in [0.15, 0.2) is 6.23 Å². The summed E-state index contributed by atoms with van der Waals surface area (Å²) in [5.74, 6) is 0. The molecule has 8 heteroatoms. The number of nitrogens with zero attached hydrogens (tertiary/aromatic N) is 5. The number of thiophene rings is 1. The number of benzene rings is 3. The van der Waals surface area contributed by atoms with Crippen LogP contribution in [-0.4, -0.2) is 37.9 Å². The van der Waals surface area contributed by atoms with Gasteiger partial charge in [-0.2, -0.15) is 5.10 Å². The monoisotopic (exact) mass is 532 g/mol. The van der Waals surface area contributed by atoms with Gasteiger partial charge in [-0.1, -0.05) is 35.5 Å². The molecule has 3 aromatic carbocycles. The Hall–Kier alpha value is -3.85. The van der Waals surface area contributed by atoms with E-state index in [1.54, 1.807) is 0 Å². The van der Waals surface area contributed by atoms with Gasteiger partial charge in [-0.3, -0.25) is 0 Å². The van der Waals surface area contributed by atoms with Gasteiger partial charge in [0.2, 0.25) is 0 Å². The first kappa shape index (κ1) is 23.1. The van der Waals surface area contributed by atoms with Crippen LogP contribution in [-0.2, 0) is 17.7 Å². The van der Waals surface area contributed by atoms with E-state index in [0.29, 0.717) is 0 Å². The number of hydrogen-bond donors (Lipinski definition) is 1. The normalized spacial score (nSPS) is 17.6. The highest BCUT2D eigenvalue weighted by molar-refractivity contribution is 7.22. The molecule has 194 valence electrons. The van der Waals surface area contributed by atoms with E-state index in [9.17, 15) is 0 Å². The summed E-state index contributed by atoms with van der Waals surface area (Å²) in [6, 6.07) is 24.0. The first-order valence-corrected chi connectivity index (χ1v) is 14.5. The molecule has 1 unspecified atom stereocenters. The quantitative estimate of drug-likeness (QED) is 0.280. The molecule has 1 fully saturated rings. The van der Waals surface area contributed by atoms with Crippen LogP contribution in [0.4, 0.5) is 0 Å². The summed E-state index contributed by atoms with van der Waals surface area (Å²) in [5.41, 5.74) is 7.60. The van der Waals surface area contributed by atoms with Gasteiger partial charge in [-0.25, -0.2) is 9.36 Å². The smallest absolute Gasteiger partial charge is 0.150 e. The highest BCUT2D eigenvalue weighted by Crippen LogP contribution is 2.38. The Morgan fingerprint density at radius 1 is 0.974 bits per heavy atom. The van der Waals surface area contributed by atoms with Crippen LogP contribution in [0.1, 0.15) is 36.6 Å². The third kappa shape index (κ3) is 4.07. The van der Waals surface area contributed by atoms with Crippen molar-refractivity contribution in [1.82, 2.24) is 30.1 Å². The summed E-state index contributed by atoms with van der Waals surface area (Å²) >= 11 is 1.82. The summed E-state index contributed by atoms with van der Waals surface area (Å²) in [5, 5.41) is 20.0. The summed E-state index contributed by atoms with van der Waals surface area (Å²) in [4.78, 5) is 1.25. The van der Waals surface area contributed by atoms with Gasteiger partial charge in [0.05, 0.1) is 17.4 Å². The first-order chi connectivity index (χ1) is 19.3. The van der Waals surface area contributed by atoms with Crippen LogP contribution >= 0.6 is 11.3 Å². The van der Waals surface area contributed by atoms with E-state index >= 15 is 0 Å². The lowest BCUT2D eigenvalue weighted by atomic mass is 10.0. The van der Waals surface area contributed by atoms with Gasteiger partial charge in [0.25, 0.3) is 0 Å². The van der Waals surface area contributed by atoms with E-state index in [-0.39, 0.29) is 6.23 Å². The topological polar surface area (TPSA) is 69.8 Å². The summed E-state index contributed by atoms with van der Waals surface area (Å²) in [6.07, 6.45) is 6.21. The average Bonchev–Trinajstić information content (AvgIpc) is 3.74. The van der Waals surface area contributed by atoms with Crippen LogP contribution in [0.3, 0.4) is 0 Å². The molecular formula is C31H28N6OS. The molecule has 1 N–H and O–H groups in total. The van der Waals surface area contributed by atoms with Gasteiger partial charge in [-0.05, 0) is 90.7 Å². The molecule has 39 heavy (non-hydrogen) atoms. The number of nitrogens with one attached hydrogen (secondary N) is 1. The third-order valence-corrected chi connectivity index (χ3v) is 9.09. The minimum absolute atomic E-state index is 0.0617. The Kier molecular flexibility index (Phi) is 5.57. The maximum atomic E-state index is 6.16. The summed E-state index contributed by atoms with van der Waals surface area (Å²) < 4.78 is 11.4. The van der Waals surface area contributed by atoms with Crippen molar-refractivity contribution in [2.75, 3.05) is 13.2 Å². The van der Waals surface area contributed by atoms with Crippen LogP contribution in [0.25, 0.3) is 48.5 Å². The van der Waals surface area contributed by atoms with Gasteiger partial charge >= 0.3 is 0 Å². The lowest BCUT2D eigenvalue weighted by Crippen LogP contribution is -2.23. The van der Waals surface area contributed by atoms with Crippen molar-refractivity contribution in [2.24, 2.45) is 0 Å². The largest absolute Gasteiger partial charge is 0.356 e.